The summed E-state index contributed by atoms with van der Waals surface area (Å²) in [7, 11) is -8.49. The first-order valence-corrected chi connectivity index (χ1v) is 8.76. The van der Waals surface area contributed by atoms with E-state index in [1.165, 1.54) is 0 Å². The molecule has 0 heterocycles. The molecule has 0 radical (unpaired) electrons. The van der Waals surface area contributed by atoms with Gasteiger partial charge >= 0.3 is 10.2 Å². The molecule has 0 amide bonds. The fourth-order valence-electron chi connectivity index (χ4n) is 2.17. The Morgan fingerprint density at radius 1 is 1.11 bits per heavy atom. The Hall–Kier alpha value is -0.760. The highest BCUT2D eigenvalue weighted by atomic mass is 32.3. The molecule has 0 N–H and O–H groups in total. The first-order valence-electron chi connectivity index (χ1n) is 5.52. The van der Waals surface area contributed by atoms with E-state index in [1.54, 1.807) is 0 Å². The lowest BCUT2D eigenvalue weighted by Gasteiger charge is -2.31. The predicted octanol–water partition coefficient (Wildman–Crippen LogP) is 0.407. The molecular formula is C9H16N2O5S2. The highest BCUT2D eigenvalue weighted by Gasteiger charge is 2.39. The lowest BCUT2D eigenvalue weighted by Crippen LogP contribution is -2.44. The third-order valence-electron chi connectivity index (χ3n) is 2.99. The lowest BCUT2D eigenvalue weighted by atomic mass is 9.88. The smallest absolute Gasteiger partial charge is 0.211 e. The average molecular weight is 296 g/mol. The maximum absolute atomic E-state index is 11.7. The fourth-order valence-corrected chi connectivity index (χ4v) is 5.15. The Kier molecular flexibility index (Phi) is 4.66. The molecule has 1 rings (SSSR count). The SMILES string of the molecule is CC1CCC(N(S(C)(=O)=O)S(=O)(=O)N=C=O)CC1. The number of hydrogen-bond donors (Lipinski definition) is 0. The second-order valence-corrected chi connectivity index (χ2v) is 8.12. The van der Waals surface area contributed by atoms with Gasteiger partial charge in [-0.05, 0) is 31.6 Å². The van der Waals surface area contributed by atoms with E-state index >= 15 is 0 Å². The van der Waals surface area contributed by atoms with E-state index in [9.17, 15) is 21.6 Å². The van der Waals surface area contributed by atoms with Gasteiger partial charge in [-0.1, -0.05) is 15.0 Å². The van der Waals surface area contributed by atoms with E-state index in [2.05, 4.69) is 4.40 Å². The van der Waals surface area contributed by atoms with Gasteiger partial charge in [0, 0.05) is 6.04 Å². The second-order valence-electron chi connectivity index (χ2n) is 4.56. The normalized spacial score (nSPS) is 25.7. The molecule has 1 saturated carbocycles. The summed E-state index contributed by atoms with van der Waals surface area (Å²) in [6.45, 7) is 2.03. The van der Waals surface area contributed by atoms with Gasteiger partial charge in [-0.3, -0.25) is 0 Å². The summed E-state index contributed by atoms with van der Waals surface area (Å²) >= 11 is 0. The molecule has 18 heavy (non-hydrogen) atoms. The highest BCUT2D eigenvalue weighted by Crippen LogP contribution is 2.30. The molecule has 0 aromatic heterocycles. The molecule has 0 unspecified atom stereocenters. The van der Waals surface area contributed by atoms with Crippen LogP contribution in [-0.2, 0) is 25.0 Å². The molecule has 104 valence electrons. The largest absolute Gasteiger partial charge is 0.346 e. The highest BCUT2D eigenvalue weighted by molar-refractivity contribution is 8.03. The molecule has 7 nitrogen and oxygen atoms in total. The van der Waals surface area contributed by atoms with Crippen LogP contribution < -0.4 is 0 Å². The summed E-state index contributed by atoms with van der Waals surface area (Å²) in [4.78, 5) is 10.1. The van der Waals surface area contributed by atoms with Crippen molar-refractivity contribution in [1.29, 1.82) is 0 Å². The average Bonchev–Trinajstić information content (AvgIpc) is 2.18. The van der Waals surface area contributed by atoms with Crippen LogP contribution in [0.15, 0.2) is 4.40 Å². The number of nitrogens with zero attached hydrogens (tertiary/aromatic N) is 2. The van der Waals surface area contributed by atoms with Gasteiger partial charge in [0.15, 0.2) is 0 Å². The molecular weight excluding hydrogens is 280 g/mol. The lowest BCUT2D eigenvalue weighted by molar-refractivity contribution is 0.279. The zero-order chi connectivity index (χ0) is 14.0. The summed E-state index contributed by atoms with van der Waals surface area (Å²) in [5.74, 6) is 0.444. The van der Waals surface area contributed by atoms with E-state index in [1.807, 2.05) is 6.92 Å². The molecule has 9 heteroatoms. The summed E-state index contributed by atoms with van der Waals surface area (Å²) in [5, 5.41) is 0. The van der Waals surface area contributed by atoms with Gasteiger partial charge < -0.3 is 0 Å². The first kappa shape index (κ1) is 15.3. The van der Waals surface area contributed by atoms with Crippen LogP contribution in [0.2, 0.25) is 0 Å². The number of rotatable bonds is 4. The minimum absolute atomic E-state index is 0.344. The minimum Gasteiger partial charge on any atom is -0.211 e. The topological polar surface area (TPSA) is 101 Å². The number of hydrogen-bond acceptors (Lipinski definition) is 5. The summed E-state index contributed by atoms with van der Waals surface area (Å²) in [6.07, 6.45) is 4.07. The monoisotopic (exact) mass is 296 g/mol. The van der Waals surface area contributed by atoms with Crippen LogP contribution in [-0.4, -0.2) is 38.9 Å². The third kappa shape index (κ3) is 3.61. The number of sulfonamides is 1. The van der Waals surface area contributed by atoms with Crippen molar-refractivity contribution < 1.29 is 21.6 Å². The van der Waals surface area contributed by atoms with Crippen molar-refractivity contribution in [2.45, 2.75) is 38.6 Å². The van der Waals surface area contributed by atoms with Crippen LogP contribution in [0.3, 0.4) is 0 Å². The van der Waals surface area contributed by atoms with Gasteiger partial charge in [0.2, 0.25) is 10.0 Å². The molecule has 0 bridgehead atoms. The Labute approximate surface area is 107 Å². The number of isocyanates is 1. The zero-order valence-electron chi connectivity index (χ0n) is 10.2. The van der Waals surface area contributed by atoms with Crippen LogP contribution in [0, 0.1) is 5.92 Å². The van der Waals surface area contributed by atoms with Crippen LogP contribution >= 0.6 is 0 Å². The van der Waals surface area contributed by atoms with Gasteiger partial charge in [-0.2, -0.15) is 8.42 Å². The second kappa shape index (κ2) is 5.48. The van der Waals surface area contributed by atoms with Crippen molar-refractivity contribution in [3.8, 4) is 0 Å². The van der Waals surface area contributed by atoms with Crippen LogP contribution in [0.1, 0.15) is 32.6 Å². The maximum Gasteiger partial charge on any atom is 0.346 e. The maximum atomic E-state index is 11.7. The van der Waals surface area contributed by atoms with Crippen molar-refractivity contribution in [3.05, 3.63) is 0 Å². The zero-order valence-corrected chi connectivity index (χ0v) is 11.9. The Bertz CT molecular complexity index is 540. The molecule has 1 aliphatic rings. The summed E-state index contributed by atoms with van der Waals surface area (Å²) in [6, 6.07) is -0.654. The minimum atomic E-state index is -4.50. The van der Waals surface area contributed by atoms with Crippen LogP contribution in [0.5, 0.6) is 0 Å². The Morgan fingerprint density at radius 3 is 2.00 bits per heavy atom. The molecule has 0 aromatic carbocycles. The molecule has 0 spiro atoms. The van der Waals surface area contributed by atoms with Gasteiger partial charge in [-0.15, -0.1) is 0 Å². The molecule has 0 aliphatic heterocycles. The summed E-state index contributed by atoms with van der Waals surface area (Å²) in [5.41, 5.74) is 0. The molecule has 1 aliphatic carbocycles. The Morgan fingerprint density at radius 2 is 1.61 bits per heavy atom. The van der Waals surface area contributed by atoms with Gasteiger partial charge in [0.1, 0.15) is 0 Å². The van der Waals surface area contributed by atoms with Crippen LogP contribution in [0.4, 0.5) is 0 Å². The van der Waals surface area contributed by atoms with Crippen LogP contribution in [0.25, 0.3) is 0 Å². The molecule has 1 fully saturated rings. The van der Waals surface area contributed by atoms with Crippen molar-refractivity contribution in [1.82, 2.24) is 3.71 Å². The summed E-state index contributed by atoms with van der Waals surface area (Å²) < 4.78 is 49.5. The van der Waals surface area contributed by atoms with Gasteiger partial charge in [0.05, 0.1) is 6.26 Å². The van der Waals surface area contributed by atoms with E-state index in [4.69, 9.17) is 0 Å². The molecule has 0 atom stereocenters. The predicted molar refractivity (Wildman–Crippen MR) is 65.1 cm³/mol. The molecule has 0 aromatic rings. The van der Waals surface area contributed by atoms with Crippen molar-refractivity contribution in [3.63, 3.8) is 0 Å². The van der Waals surface area contributed by atoms with E-state index in [-0.39, 0.29) is 0 Å². The van der Waals surface area contributed by atoms with E-state index in [0.717, 1.165) is 25.2 Å². The molecule has 0 saturated heterocycles. The van der Waals surface area contributed by atoms with Crippen molar-refractivity contribution in [2.75, 3.05) is 6.26 Å². The van der Waals surface area contributed by atoms with E-state index < -0.39 is 26.3 Å². The van der Waals surface area contributed by atoms with Gasteiger partial charge in [0.25, 0.3) is 6.08 Å². The fraction of sp³-hybridized carbons (Fsp3) is 0.889. The standard InChI is InChI=1S/C9H16N2O5S2/c1-8-3-5-9(6-4-8)11(17(2,13)14)18(15,16)10-7-12/h8-9H,3-6H2,1-2H3. The van der Waals surface area contributed by atoms with Crippen molar-refractivity contribution >= 4 is 26.3 Å². The third-order valence-corrected chi connectivity index (χ3v) is 6.38. The van der Waals surface area contributed by atoms with E-state index in [0.29, 0.717) is 22.5 Å². The Balaban J connectivity index is 3.12. The van der Waals surface area contributed by atoms with Crippen molar-refractivity contribution in [2.24, 2.45) is 10.3 Å². The number of carbonyl (C=O) groups excluding carboxylic acids is 1. The quantitative estimate of drug-likeness (QED) is 0.552. The first-order chi connectivity index (χ1) is 8.18. The van der Waals surface area contributed by atoms with Gasteiger partial charge in [-0.25, -0.2) is 13.2 Å².